The molecule has 2 rings (SSSR count). The average molecular weight is 210 g/mol. The lowest BCUT2D eigenvalue weighted by molar-refractivity contribution is 0.0946. The van der Waals surface area contributed by atoms with Crippen LogP contribution in [0.5, 0.6) is 0 Å². The molecule has 4 N–H and O–H groups in total. The number of nitrogens with zero attached hydrogens (tertiary/aromatic N) is 1. The van der Waals surface area contributed by atoms with Gasteiger partial charge in [-0.05, 0) is 6.42 Å². The highest BCUT2D eigenvalue weighted by atomic mass is 16.5. The number of hydrogen-bond acceptors (Lipinski definition) is 4. The second kappa shape index (κ2) is 4.31. The fourth-order valence-corrected chi connectivity index (χ4v) is 1.55. The maximum absolute atomic E-state index is 11.6. The van der Waals surface area contributed by atoms with E-state index in [0.717, 1.165) is 19.6 Å². The number of H-pyrrole nitrogens is 1. The summed E-state index contributed by atoms with van der Waals surface area (Å²) in [6.45, 7) is 2.14. The summed E-state index contributed by atoms with van der Waals surface area (Å²) < 4.78 is 5.21. The van der Waals surface area contributed by atoms with E-state index in [0.29, 0.717) is 23.8 Å². The first-order valence-electron chi connectivity index (χ1n) is 4.92. The summed E-state index contributed by atoms with van der Waals surface area (Å²) in [5.41, 5.74) is 5.92. The number of aromatic nitrogens is 2. The molecule has 1 aliphatic rings. The standard InChI is InChI=1S/C9H14N4O2/c10-8-7(4-12-13-8)9(14)11-3-6-1-2-15-5-6/h4,6H,1-3,5H2,(H,11,14)(H3,10,12,13). The third-order valence-corrected chi connectivity index (χ3v) is 2.49. The summed E-state index contributed by atoms with van der Waals surface area (Å²) in [6, 6.07) is 0. The van der Waals surface area contributed by atoms with E-state index < -0.39 is 0 Å². The fraction of sp³-hybridized carbons (Fsp3) is 0.556. The van der Waals surface area contributed by atoms with E-state index in [9.17, 15) is 4.79 Å². The lowest BCUT2D eigenvalue weighted by atomic mass is 10.1. The predicted molar refractivity (Wildman–Crippen MR) is 54.3 cm³/mol. The fourth-order valence-electron chi connectivity index (χ4n) is 1.55. The van der Waals surface area contributed by atoms with Gasteiger partial charge in [0.25, 0.3) is 5.91 Å². The number of amides is 1. The van der Waals surface area contributed by atoms with Crippen molar-refractivity contribution in [2.75, 3.05) is 25.5 Å². The van der Waals surface area contributed by atoms with Crippen molar-refractivity contribution in [1.82, 2.24) is 15.5 Å². The van der Waals surface area contributed by atoms with Gasteiger partial charge < -0.3 is 15.8 Å². The molecule has 2 heterocycles. The smallest absolute Gasteiger partial charge is 0.256 e. The van der Waals surface area contributed by atoms with Crippen molar-refractivity contribution in [3.63, 3.8) is 0 Å². The molecule has 1 atom stereocenters. The molecule has 1 saturated heterocycles. The number of nitrogens with two attached hydrogens (primary N) is 1. The van der Waals surface area contributed by atoms with Crippen LogP contribution in [0.25, 0.3) is 0 Å². The number of nitrogens with one attached hydrogen (secondary N) is 2. The van der Waals surface area contributed by atoms with Crippen LogP contribution in [-0.4, -0.2) is 35.9 Å². The van der Waals surface area contributed by atoms with E-state index in [1.165, 1.54) is 6.20 Å². The Morgan fingerprint density at radius 1 is 1.80 bits per heavy atom. The lowest BCUT2D eigenvalue weighted by Gasteiger charge is -2.08. The predicted octanol–water partition coefficient (Wildman–Crippen LogP) is -0.242. The van der Waals surface area contributed by atoms with Gasteiger partial charge in [-0.15, -0.1) is 0 Å². The molecule has 0 bridgehead atoms. The molecule has 6 nitrogen and oxygen atoms in total. The Morgan fingerprint density at radius 2 is 2.67 bits per heavy atom. The quantitative estimate of drug-likeness (QED) is 0.641. The van der Waals surface area contributed by atoms with Crippen molar-refractivity contribution >= 4 is 11.7 Å². The lowest BCUT2D eigenvalue weighted by Crippen LogP contribution is -2.29. The van der Waals surface area contributed by atoms with Crippen LogP contribution in [0.1, 0.15) is 16.8 Å². The van der Waals surface area contributed by atoms with Crippen LogP contribution in [-0.2, 0) is 4.74 Å². The molecule has 1 unspecified atom stereocenters. The van der Waals surface area contributed by atoms with Crippen LogP contribution in [0.15, 0.2) is 6.20 Å². The zero-order chi connectivity index (χ0) is 10.7. The molecule has 82 valence electrons. The summed E-state index contributed by atoms with van der Waals surface area (Å²) in [5.74, 6) is 0.533. The third-order valence-electron chi connectivity index (χ3n) is 2.49. The Hall–Kier alpha value is -1.56. The van der Waals surface area contributed by atoms with Gasteiger partial charge in [0.05, 0.1) is 12.8 Å². The highest BCUT2D eigenvalue weighted by Crippen LogP contribution is 2.11. The first-order chi connectivity index (χ1) is 7.27. The monoisotopic (exact) mass is 210 g/mol. The number of aromatic amines is 1. The minimum atomic E-state index is -0.187. The largest absolute Gasteiger partial charge is 0.383 e. The molecule has 1 aromatic heterocycles. The molecule has 0 radical (unpaired) electrons. The molecule has 0 aliphatic carbocycles. The first kappa shape index (κ1) is 9.97. The Kier molecular flexibility index (Phi) is 2.86. The summed E-state index contributed by atoms with van der Waals surface area (Å²) in [4.78, 5) is 11.6. The summed E-state index contributed by atoms with van der Waals surface area (Å²) in [6.07, 6.45) is 2.43. The maximum atomic E-state index is 11.6. The molecule has 15 heavy (non-hydrogen) atoms. The number of carbonyl (C=O) groups excluding carboxylic acids is 1. The van der Waals surface area contributed by atoms with Crippen molar-refractivity contribution in [2.45, 2.75) is 6.42 Å². The van der Waals surface area contributed by atoms with Gasteiger partial charge in [0.15, 0.2) is 0 Å². The second-order valence-corrected chi connectivity index (χ2v) is 3.64. The van der Waals surface area contributed by atoms with Crippen LogP contribution in [0.3, 0.4) is 0 Å². The van der Waals surface area contributed by atoms with Crippen molar-refractivity contribution in [3.8, 4) is 0 Å². The van der Waals surface area contributed by atoms with Crippen molar-refractivity contribution < 1.29 is 9.53 Å². The number of ether oxygens (including phenoxy) is 1. The molecule has 0 spiro atoms. The minimum Gasteiger partial charge on any atom is -0.383 e. The van der Waals surface area contributed by atoms with Gasteiger partial charge in [0.1, 0.15) is 11.4 Å². The molecular weight excluding hydrogens is 196 g/mol. The first-order valence-corrected chi connectivity index (χ1v) is 4.92. The van der Waals surface area contributed by atoms with Gasteiger partial charge >= 0.3 is 0 Å². The highest BCUT2D eigenvalue weighted by Gasteiger charge is 2.18. The van der Waals surface area contributed by atoms with E-state index in [2.05, 4.69) is 15.5 Å². The van der Waals surface area contributed by atoms with Crippen LogP contribution < -0.4 is 11.1 Å². The maximum Gasteiger partial charge on any atom is 0.256 e. The molecule has 6 heteroatoms. The SMILES string of the molecule is Nc1[nH]ncc1C(=O)NCC1CCOC1. The van der Waals surface area contributed by atoms with Gasteiger partial charge in [0, 0.05) is 19.1 Å². The van der Waals surface area contributed by atoms with Gasteiger partial charge in [-0.25, -0.2) is 0 Å². The topological polar surface area (TPSA) is 93.0 Å². The summed E-state index contributed by atoms with van der Waals surface area (Å²) >= 11 is 0. The van der Waals surface area contributed by atoms with Crippen LogP contribution >= 0.6 is 0 Å². The molecular formula is C9H14N4O2. The molecule has 1 aliphatic heterocycles. The number of hydrogen-bond donors (Lipinski definition) is 3. The summed E-state index contributed by atoms with van der Waals surface area (Å²) in [7, 11) is 0. The van der Waals surface area contributed by atoms with Gasteiger partial charge in [0.2, 0.25) is 0 Å². The number of rotatable bonds is 3. The summed E-state index contributed by atoms with van der Waals surface area (Å²) in [5, 5.41) is 9.02. The van der Waals surface area contributed by atoms with E-state index in [4.69, 9.17) is 10.5 Å². The Morgan fingerprint density at radius 3 is 3.27 bits per heavy atom. The number of nitrogen functional groups attached to an aromatic ring is 1. The third kappa shape index (κ3) is 2.27. The Labute approximate surface area is 87.2 Å². The van der Waals surface area contributed by atoms with E-state index in [-0.39, 0.29) is 5.91 Å². The molecule has 1 aromatic rings. The molecule has 1 amide bonds. The normalized spacial score (nSPS) is 20.4. The van der Waals surface area contributed by atoms with Crippen LogP contribution in [0.2, 0.25) is 0 Å². The van der Waals surface area contributed by atoms with Gasteiger partial charge in [-0.2, -0.15) is 5.10 Å². The zero-order valence-corrected chi connectivity index (χ0v) is 8.32. The zero-order valence-electron chi connectivity index (χ0n) is 8.32. The van der Waals surface area contributed by atoms with Gasteiger partial charge in [-0.1, -0.05) is 0 Å². The van der Waals surface area contributed by atoms with Crippen LogP contribution in [0, 0.1) is 5.92 Å². The minimum absolute atomic E-state index is 0.187. The molecule has 0 saturated carbocycles. The average Bonchev–Trinajstić information content (AvgIpc) is 2.84. The van der Waals surface area contributed by atoms with Crippen molar-refractivity contribution in [3.05, 3.63) is 11.8 Å². The van der Waals surface area contributed by atoms with Crippen molar-refractivity contribution in [1.29, 1.82) is 0 Å². The van der Waals surface area contributed by atoms with Crippen LogP contribution in [0.4, 0.5) is 5.82 Å². The van der Waals surface area contributed by atoms with Gasteiger partial charge in [-0.3, -0.25) is 9.89 Å². The molecule has 1 fully saturated rings. The Bertz CT molecular complexity index is 344. The molecule has 0 aromatic carbocycles. The number of carbonyl (C=O) groups is 1. The number of anilines is 1. The van der Waals surface area contributed by atoms with E-state index in [1.54, 1.807) is 0 Å². The highest BCUT2D eigenvalue weighted by molar-refractivity contribution is 5.98. The van der Waals surface area contributed by atoms with E-state index >= 15 is 0 Å². The second-order valence-electron chi connectivity index (χ2n) is 3.64. The Balaban J connectivity index is 1.84. The van der Waals surface area contributed by atoms with E-state index in [1.807, 2.05) is 0 Å². The van der Waals surface area contributed by atoms with Crippen molar-refractivity contribution in [2.24, 2.45) is 5.92 Å².